The van der Waals surface area contributed by atoms with Crippen LogP contribution in [0.2, 0.25) is 0 Å². The number of aromatic nitrogens is 1. The fourth-order valence-corrected chi connectivity index (χ4v) is 2.94. The Morgan fingerprint density at radius 1 is 1.33 bits per heavy atom. The summed E-state index contributed by atoms with van der Waals surface area (Å²) in [7, 11) is 0. The lowest BCUT2D eigenvalue weighted by Crippen LogP contribution is -2.31. The zero-order chi connectivity index (χ0) is 16.9. The van der Waals surface area contributed by atoms with E-state index in [0.29, 0.717) is 36.9 Å². The zero-order valence-electron chi connectivity index (χ0n) is 13.4. The van der Waals surface area contributed by atoms with Crippen molar-refractivity contribution in [1.29, 1.82) is 0 Å². The SMILES string of the molecule is CCOc1ccccc1C(=O)N1CCC(Oc2ccc(Br)cn2)C1. The van der Waals surface area contributed by atoms with E-state index in [0.717, 1.165) is 10.9 Å². The predicted octanol–water partition coefficient (Wildman–Crippen LogP) is 3.54. The highest BCUT2D eigenvalue weighted by Gasteiger charge is 2.29. The van der Waals surface area contributed by atoms with Crippen LogP contribution in [0.4, 0.5) is 0 Å². The minimum Gasteiger partial charge on any atom is -0.493 e. The number of pyridine rings is 1. The summed E-state index contributed by atoms with van der Waals surface area (Å²) >= 11 is 3.35. The van der Waals surface area contributed by atoms with Gasteiger partial charge in [0.05, 0.1) is 18.7 Å². The summed E-state index contributed by atoms with van der Waals surface area (Å²) in [4.78, 5) is 18.8. The Morgan fingerprint density at radius 3 is 2.92 bits per heavy atom. The van der Waals surface area contributed by atoms with E-state index in [1.807, 2.05) is 37.3 Å². The van der Waals surface area contributed by atoms with E-state index in [-0.39, 0.29) is 12.0 Å². The number of para-hydroxylation sites is 1. The van der Waals surface area contributed by atoms with Crippen LogP contribution in [0.15, 0.2) is 47.1 Å². The van der Waals surface area contributed by atoms with Crippen LogP contribution >= 0.6 is 15.9 Å². The molecule has 2 heterocycles. The third-order valence-electron chi connectivity index (χ3n) is 3.84. The molecule has 1 aromatic carbocycles. The van der Waals surface area contributed by atoms with Crippen molar-refractivity contribution in [3.05, 3.63) is 52.6 Å². The summed E-state index contributed by atoms with van der Waals surface area (Å²) in [6, 6.07) is 11.1. The minimum absolute atomic E-state index is 0.0195. The molecule has 1 fully saturated rings. The van der Waals surface area contributed by atoms with Gasteiger partial charge in [-0.3, -0.25) is 4.79 Å². The van der Waals surface area contributed by atoms with Crippen molar-refractivity contribution >= 4 is 21.8 Å². The maximum atomic E-state index is 12.8. The van der Waals surface area contributed by atoms with Gasteiger partial charge in [-0.15, -0.1) is 0 Å². The largest absolute Gasteiger partial charge is 0.493 e. The predicted molar refractivity (Wildman–Crippen MR) is 94.5 cm³/mol. The van der Waals surface area contributed by atoms with E-state index in [1.54, 1.807) is 17.2 Å². The van der Waals surface area contributed by atoms with Crippen molar-refractivity contribution in [3.63, 3.8) is 0 Å². The first-order chi connectivity index (χ1) is 11.7. The monoisotopic (exact) mass is 390 g/mol. The van der Waals surface area contributed by atoms with Crippen LogP contribution in [0.3, 0.4) is 0 Å². The zero-order valence-corrected chi connectivity index (χ0v) is 15.0. The van der Waals surface area contributed by atoms with Crippen molar-refractivity contribution in [3.8, 4) is 11.6 Å². The molecule has 0 spiro atoms. The number of rotatable bonds is 5. The van der Waals surface area contributed by atoms with E-state index in [2.05, 4.69) is 20.9 Å². The molecule has 1 unspecified atom stereocenters. The van der Waals surface area contributed by atoms with Crippen molar-refractivity contribution in [2.75, 3.05) is 19.7 Å². The number of nitrogens with zero attached hydrogens (tertiary/aromatic N) is 2. The van der Waals surface area contributed by atoms with Gasteiger partial charge in [-0.1, -0.05) is 12.1 Å². The third-order valence-corrected chi connectivity index (χ3v) is 4.31. The second kappa shape index (κ2) is 7.66. The van der Waals surface area contributed by atoms with Crippen molar-refractivity contribution in [2.24, 2.45) is 0 Å². The molecule has 1 aromatic heterocycles. The molecule has 6 heteroatoms. The number of ether oxygens (including phenoxy) is 2. The van der Waals surface area contributed by atoms with Crippen molar-refractivity contribution < 1.29 is 14.3 Å². The molecule has 1 saturated heterocycles. The van der Waals surface area contributed by atoms with Crippen LogP contribution in [0.5, 0.6) is 11.6 Å². The smallest absolute Gasteiger partial charge is 0.257 e. The Kier molecular flexibility index (Phi) is 5.35. The summed E-state index contributed by atoms with van der Waals surface area (Å²) in [6.07, 6.45) is 2.45. The Morgan fingerprint density at radius 2 is 2.17 bits per heavy atom. The second-order valence-corrected chi connectivity index (χ2v) is 6.44. The molecule has 5 nitrogen and oxygen atoms in total. The van der Waals surface area contributed by atoms with Gasteiger partial charge >= 0.3 is 0 Å². The first-order valence-corrected chi connectivity index (χ1v) is 8.76. The lowest BCUT2D eigenvalue weighted by atomic mass is 10.2. The first-order valence-electron chi connectivity index (χ1n) is 7.96. The van der Waals surface area contributed by atoms with Crippen LogP contribution < -0.4 is 9.47 Å². The fraction of sp³-hybridized carbons (Fsp3) is 0.333. The van der Waals surface area contributed by atoms with Crippen molar-refractivity contribution in [2.45, 2.75) is 19.4 Å². The summed E-state index contributed by atoms with van der Waals surface area (Å²) in [6.45, 7) is 3.66. The van der Waals surface area contributed by atoms with Gasteiger partial charge in [0, 0.05) is 29.7 Å². The summed E-state index contributed by atoms with van der Waals surface area (Å²) in [5.74, 6) is 1.19. The molecule has 0 N–H and O–H groups in total. The molecule has 126 valence electrons. The number of benzene rings is 1. The maximum Gasteiger partial charge on any atom is 0.257 e. The van der Waals surface area contributed by atoms with Crippen LogP contribution in [-0.4, -0.2) is 41.6 Å². The highest BCUT2D eigenvalue weighted by molar-refractivity contribution is 9.10. The minimum atomic E-state index is -0.0399. The highest BCUT2D eigenvalue weighted by Crippen LogP contribution is 2.24. The standard InChI is InChI=1S/C18H19BrN2O3/c1-2-23-16-6-4-3-5-15(16)18(22)21-10-9-14(12-21)24-17-8-7-13(19)11-20-17/h3-8,11,14H,2,9-10,12H2,1H3. The second-order valence-electron chi connectivity index (χ2n) is 5.52. The summed E-state index contributed by atoms with van der Waals surface area (Å²) in [5, 5.41) is 0. The molecular weight excluding hydrogens is 372 g/mol. The Bertz CT molecular complexity index is 706. The lowest BCUT2D eigenvalue weighted by Gasteiger charge is -2.18. The van der Waals surface area contributed by atoms with Gasteiger partial charge in [0.15, 0.2) is 0 Å². The molecule has 0 saturated carbocycles. The molecule has 1 aliphatic rings. The highest BCUT2D eigenvalue weighted by atomic mass is 79.9. The number of likely N-dealkylation sites (tertiary alicyclic amines) is 1. The van der Waals surface area contributed by atoms with E-state index >= 15 is 0 Å². The molecule has 1 aliphatic heterocycles. The fourth-order valence-electron chi connectivity index (χ4n) is 2.71. The summed E-state index contributed by atoms with van der Waals surface area (Å²) < 4.78 is 12.3. The van der Waals surface area contributed by atoms with E-state index < -0.39 is 0 Å². The van der Waals surface area contributed by atoms with Gasteiger partial charge in [-0.2, -0.15) is 0 Å². The van der Waals surface area contributed by atoms with E-state index in [4.69, 9.17) is 9.47 Å². The van der Waals surface area contributed by atoms with Gasteiger partial charge in [0.25, 0.3) is 5.91 Å². The molecular formula is C18H19BrN2O3. The lowest BCUT2D eigenvalue weighted by molar-refractivity contribution is 0.0767. The number of halogens is 1. The molecule has 0 aliphatic carbocycles. The normalized spacial score (nSPS) is 16.9. The van der Waals surface area contributed by atoms with Gasteiger partial charge < -0.3 is 14.4 Å². The van der Waals surface area contributed by atoms with Gasteiger partial charge in [0.1, 0.15) is 11.9 Å². The molecule has 24 heavy (non-hydrogen) atoms. The average Bonchev–Trinajstić information content (AvgIpc) is 3.06. The molecule has 2 aromatic rings. The van der Waals surface area contributed by atoms with E-state index in [9.17, 15) is 4.79 Å². The Labute approximate surface area is 149 Å². The summed E-state index contributed by atoms with van der Waals surface area (Å²) in [5.41, 5.74) is 0.599. The number of carbonyl (C=O) groups is 1. The third kappa shape index (κ3) is 3.87. The average molecular weight is 391 g/mol. The number of amides is 1. The maximum absolute atomic E-state index is 12.8. The van der Waals surface area contributed by atoms with E-state index in [1.165, 1.54) is 0 Å². The topological polar surface area (TPSA) is 51.7 Å². The number of hydrogen-bond donors (Lipinski definition) is 0. The van der Waals surface area contributed by atoms with Crippen molar-refractivity contribution in [1.82, 2.24) is 9.88 Å². The van der Waals surface area contributed by atoms with Gasteiger partial charge in [-0.05, 0) is 41.1 Å². The van der Waals surface area contributed by atoms with Crippen LogP contribution in [0, 0.1) is 0 Å². The molecule has 1 amide bonds. The molecule has 3 rings (SSSR count). The van der Waals surface area contributed by atoms with Crippen LogP contribution in [0.25, 0.3) is 0 Å². The number of carbonyl (C=O) groups excluding carboxylic acids is 1. The van der Waals surface area contributed by atoms with Gasteiger partial charge in [0.2, 0.25) is 5.88 Å². The Balaban J connectivity index is 1.65. The quantitative estimate of drug-likeness (QED) is 0.783. The van der Waals surface area contributed by atoms with Crippen LogP contribution in [-0.2, 0) is 0 Å². The Hall–Kier alpha value is -2.08. The van der Waals surface area contributed by atoms with Gasteiger partial charge in [-0.25, -0.2) is 4.98 Å². The van der Waals surface area contributed by atoms with Crippen LogP contribution in [0.1, 0.15) is 23.7 Å². The number of hydrogen-bond acceptors (Lipinski definition) is 4. The first kappa shape index (κ1) is 16.8. The molecule has 0 bridgehead atoms. The molecule has 1 atom stereocenters. The molecule has 0 radical (unpaired) electrons.